The number of carbonyl (C=O) groups is 3. The Kier molecular flexibility index (Phi) is 89.6. The van der Waals surface area contributed by atoms with E-state index in [9.17, 15) is 43.5 Å². The lowest BCUT2D eigenvalue weighted by Crippen LogP contribution is -2.30. The first-order valence-corrected chi connectivity index (χ1v) is 51.1. The first-order chi connectivity index (χ1) is 59.2. The van der Waals surface area contributed by atoms with Crippen LogP contribution in [0.1, 0.15) is 393 Å². The minimum atomic E-state index is -4.96. The van der Waals surface area contributed by atoms with Crippen molar-refractivity contribution in [3.05, 3.63) is 182 Å². The van der Waals surface area contributed by atoms with Crippen LogP contribution < -0.4 is 0 Å². The number of aliphatic hydroxyl groups excluding tert-OH is 2. The molecular formula is C103H174O16P2. The smallest absolute Gasteiger partial charge is 0.463 e. The Morgan fingerprint density at radius 3 is 0.711 bits per heavy atom. The Labute approximate surface area is 738 Å². The summed E-state index contributed by atoms with van der Waals surface area (Å²) in [4.78, 5) is 59.0. The van der Waals surface area contributed by atoms with Crippen molar-refractivity contribution in [3.8, 4) is 0 Å². The van der Waals surface area contributed by atoms with Crippen molar-refractivity contribution in [2.24, 2.45) is 0 Å². The first-order valence-electron chi connectivity index (χ1n) is 48.1. The summed E-state index contributed by atoms with van der Waals surface area (Å²) in [6.45, 7) is 2.42. The van der Waals surface area contributed by atoms with Crippen LogP contribution in [0.2, 0.25) is 0 Å². The highest BCUT2D eigenvalue weighted by Gasteiger charge is 2.30. The highest BCUT2D eigenvalue weighted by molar-refractivity contribution is 7.47. The number of allylic oxidation sites excluding steroid dienone is 30. The van der Waals surface area contributed by atoms with E-state index in [0.717, 1.165) is 141 Å². The zero-order valence-corrected chi connectivity index (χ0v) is 78.2. The summed E-state index contributed by atoms with van der Waals surface area (Å²) in [6, 6.07) is 0. The normalized spacial score (nSPS) is 14.5. The molecule has 0 aromatic rings. The maximum atomic E-state index is 13.1. The van der Waals surface area contributed by atoms with Crippen LogP contribution in [-0.4, -0.2) is 95.9 Å². The molecule has 0 saturated heterocycles. The van der Waals surface area contributed by atoms with Gasteiger partial charge in [-0.25, -0.2) is 9.13 Å². The van der Waals surface area contributed by atoms with Gasteiger partial charge in [-0.05, 0) is 161 Å². The van der Waals surface area contributed by atoms with Crippen LogP contribution >= 0.6 is 15.6 Å². The fraction of sp³-hybridized carbons (Fsp3) is 0.680. The molecule has 0 radical (unpaired) electrons. The number of carbonyl (C=O) groups excluding carboxylic acids is 3. The number of hydrogen-bond acceptors (Lipinski definition) is 14. The molecule has 121 heavy (non-hydrogen) atoms. The molecule has 692 valence electrons. The van der Waals surface area contributed by atoms with E-state index >= 15 is 0 Å². The van der Waals surface area contributed by atoms with Gasteiger partial charge in [-0.1, -0.05) is 396 Å². The molecule has 16 nitrogen and oxygen atoms in total. The number of phosphoric acid groups is 2. The van der Waals surface area contributed by atoms with Crippen molar-refractivity contribution >= 4 is 33.6 Å². The molecule has 0 aromatic heterocycles. The summed E-state index contributed by atoms with van der Waals surface area (Å²) in [7, 11) is -9.83. The third-order valence-corrected chi connectivity index (χ3v) is 22.0. The molecule has 0 aliphatic carbocycles. The van der Waals surface area contributed by atoms with Crippen molar-refractivity contribution in [1.29, 1.82) is 0 Å². The second-order valence-corrected chi connectivity index (χ2v) is 34.7. The van der Waals surface area contributed by atoms with Crippen molar-refractivity contribution < 1.29 is 75.8 Å². The fourth-order valence-corrected chi connectivity index (χ4v) is 14.5. The van der Waals surface area contributed by atoms with Crippen LogP contribution in [-0.2, 0) is 55.8 Å². The van der Waals surface area contributed by atoms with Gasteiger partial charge in [-0.15, -0.1) is 0 Å². The molecule has 0 bridgehead atoms. The average Bonchev–Trinajstić information content (AvgIpc) is 0.890. The summed E-state index contributed by atoms with van der Waals surface area (Å²) in [5.74, 6) is -1.62. The third kappa shape index (κ3) is 95.2. The molecule has 0 aromatic carbocycles. The van der Waals surface area contributed by atoms with Gasteiger partial charge in [0.25, 0.3) is 0 Å². The van der Waals surface area contributed by atoms with Gasteiger partial charge in [0.15, 0.2) is 6.10 Å². The standard InChI is InChI=1S/C103H174O16P2/c1-4-7-10-13-16-19-22-25-28-31-34-37-39-41-43-45-47-48-50-52-53-55-57-60-62-65-68-71-74-77-80-83-86-89-101(106)113-92-98(104)93-115-120(109,110)116-94-99(105)95-117-121(111,112)118-97-100(119-103(108)91-88-85-82-79-76-73-70-67-64-59-36-33-30-27-24-21-18-15-12-9-6-3)96-114-102(107)90-87-84-81-78-75-72-69-66-63-61-58-56-54-51-49-46-44-42-40-38-35-32-29-26-23-20-17-14-11-8-5-2/h7,9-10,12,16-21,25-30,34-38,41-44,59,67,70,76,79,98-100,104-105H,4-6,8,11,13-15,22-24,31-33,39-40,45-58,60-66,68-69,71-75,77-78,80-97H2,1-3H3,(H,109,110)(H,111,112)/b10-7-,12-9-,19-16-,20-17-,21-18-,28-25-,29-26-,30-27-,37-34-,38-35-,43-41-,44-42-,59-36-,70-67-,79-76-. The molecule has 4 N–H and O–H groups in total. The average molecular weight is 1730 g/mol. The summed E-state index contributed by atoms with van der Waals surface area (Å²) in [5, 5.41) is 20.8. The van der Waals surface area contributed by atoms with Crippen LogP contribution in [0.25, 0.3) is 0 Å². The summed E-state index contributed by atoms with van der Waals surface area (Å²) in [5.41, 5.74) is 0. The molecular weight excluding hydrogens is 1560 g/mol. The van der Waals surface area contributed by atoms with E-state index in [0.29, 0.717) is 25.7 Å². The molecule has 0 fully saturated rings. The maximum absolute atomic E-state index is 13.1. The minimum absolute atomic E-state index is 0.0454. The van der Waals surface area contributed by atoms with E-state index in [1.807, 2.05) is 0 Å². The van der Waals surface area contributed by atoms with Crippen LogP contribution in [0, 0.1) is 0 Å². The van der Waals surface area contributed by atoms with Gasteiger partial charge in [0.05, 0.1) is 26.4 Å². The predicted octanol–water partition coefficient (Wildman–Crippen LogP) is 30.0. The van der Waals surface area contributed by atoms with Gasteiger partial charge in [0, 0.05) is 19.3 Å². The quantitative estimate of drug-likeness (QED) is 0.0146. The van der Waals surface area contributed by atoms with Gasteiger partial charge in [0.2, 0.25) is 0 Å². The number of ether oxygens (including phenoxy) is 3. The molecule has 0 aliphatic rings. The van der Waals surface area contributed by atoms with E-state index in [-0.39, 0.29) is 19.3 Å². The molecule has 0 heterocycles. The van der Waals surface area contributed by atoms with Gasteiger partial charge in [-0.2, -0.15) is 0 Å². The topological polar surface area (TPSA) is 231 Å². The third-order valence-electron chi connectivity index (χ3n) is 20.1. The number of rotatable bonds is 90. The minimum Gasteiger partial charge on any atom is -0.463 e. The number of esters is 3. The largest absolute Gasteiger partial charge is 0.472 e. The maximum Gasteiger partial charge on any atom is 0.472 e. The lowest BCUT2D eigenvalue weighted by Gasteiger charge is -2.21. The van der Waals surface area contributed by atoms with Crippen LogP contribution in [0.15, 0.2) is 182 Å². The Bertz CT molecular complexity index is 2930. The molecule has 5 unspecified atom stereocenters. The summed E-state index contributed by atoms with van der Waals surface area (Å²) < 4.78 is 61.5. The highest BCUT2D eigenvalue weighted by Crippen LogP contribution is 2.45. The van der Waals surface area contributed by atoms with Gasteiger partial charge < -0.3 is 34.2 Å². The Hall–Kier alpha value is -5.35. The van der Waals surface area contributed by atoms with E-state index in [1.165, 1.54) is 186 Å². The second kappa shape index (κ2) is 93.8. The SMILES string of the molecule is CC/C=C\C/C=C\C/C=C\C/C=C\C/C=C\C/C=C\CCCCC(=O)OC(COC(=O)CCCCCCCCCCCCCCCCC/C=C\C/C=C\C/C=C\C/C=C\CCCCC)COP(=O)(O)OCC(O)COP(=O)(O)OCC(O)COC(=O)CCCCCCCCCCCCCCCCCCC/C=C\C/C=C\C/C=C\C/C=C\C/C=C\CC. The molecule has 5 atom stereocenters. The van der Waals surface area contributed by atoms with Crippen LogP contribution in [0.3, 0.4) is 0 Å². The van der Waals surface area contributed by atoms with Gasteiger partial charge >= 0.3 is 33.6 Å². The van der Waals surface area contributed by atoms with E-state index in [1.54, 1.807) is 0 Å². The van der Waals surface area contributed by atoms with Crippen LogP contribution in [0.5, 0.6) is 0 Å². The molecule has 0 aliphatic heterocycles. The Morgan fingerprint density at radius 2 is 0.438 bits per heavy atom. The van der Waals surface area contributed by atoms with Gasteiger partial charge in [-0.3, -0.25) is 32.5 Å². The zero-order chi connectivity index (χ0) is 87.9. The Morgan fingerprint density at radius 1 is 0.240 bits per heavy atom. The number of phosphoric ester groups is 2. The predicted molar refractivity (Wildman–Crippen MR) is 509 cm³/mol. The van der Waals surface area contributed by atoms with E-state index < -0.39 is 91.5 Å². The van der Waals surface area contributed by atoms with Crippen LogP contribution in [0.4, 0.5) is 0 Å². The lowest BCUT2D eigenvalue weighted by molar-refractivity contribution is -0.161. The number of unbranched alkanes of at least 4 members (excludes halogenated alkanes) is 37. The summed E-state index contributed by atoms with van der Waals surface area (Å²) >= 11 is 0. The van der Waals surface area contributed by atoms with E-state index in [2.05, 4.69) is 203 Å². The highest BCUT2D eigenvalue weighted by atomic mass is 31.2. The number of aliphatic hydroxyl groups is 2. The second-order valence-electron chi connectivity index (χ2n) is 31.8. The molecule has 0 saturated carbocycles. The van der Waals surface area contributed by atoms with E-state index in [4.69, 9.17) is 32.3 Å². The fourth-order valence-electron chi connectivity index (χ4n) is 12.9. The Balaban J connectivity index is 4.58. The molecule has 18 heteroatoms. The lowest BCUT2D eigenvalue weighted by atomic mass is 10.0. The monoisotopic (exact) mass is 1730 g/mol. The first kappa shape index (κ1) is 116. The van der Waals surface area contributed by atoms with Gasteiger partial charge in [0.1, 0.15) is 25.4 Å². The zero-order valence-electron chi connectivity index (χ0n) is 76.4. The van der Waals surface area contributed by atoms with Crippen molar-refractivity contribution in [3.63, 3.8) is 0 Å². The molecule has 0 rings (SSSR count). The van der Waals surface area contributed by atoms with Crippen molar-refractivity contribution in [2.45, 2.75) is 411 Å². The summed E-state index contributed by atoms with van der Waals surface area (Å²) in [6.07, 6.45) is 124. The van der Waals surface area contributed by atoms with Crippen molar-refractivity contribution in [1.82, 2.24) is 0 Å². The van der Waals surface area contributed by atoms with Crippen molar-refractivity contribution in [2.75, 3.05) is 39.6 Å². The molecule has 0 spiro atoms. The molecule has 0 amide bonds. The number of hydrogen-bond donors (Lipinski definition) is 4.